The molecule has 0 aromatic heterocycles. The van der Waals surface area contributed by atoms with E-state index < -0.39 is 0 Å². The number of likely N-dealkylation sites (N-methyl/N-ethyl adjacent to an activating group) is 1. The first-order chi connectivity index (χ1) is 7.69. The number of carbonyl (C=O) groups is 1. The lowest BCUT2D eigenvalue weighted by molar-refractivity contribution is -0.134. The maximum absolute atomic E-state index is 11.5. The van der Waals surface area contributed by atoms with Crippen LogP contribution in [0.2, 0.25) is 0 Å². The normalized spacial score (nSPS) is 10.2. The molecule has 0 saturated heterocycles. The first-order valence-corrected chi connectivity index (χ1v) is 5.18. The fourth-order valence-corrected chi connectivity index (χ4v) is 1.49. The first kappa shape index (κ1) is 12.7. The van der Waals surface area contributed by atoms with E-state index in [4.69, 9.17) is 10.5 Å². The summed E-state index contributed by atoms with van der Waals surface area (Å²) < 4.78 is 4.80. The van der Waals surface area contributed by atoms with Gasteiger partial charge >= 0.3 is 0 Å². The molecule has 0 fully saturated rings. The van der Waals surface area contributed by atoms with E-state index in [9.17, 15) is 4.79 Å². The number of ether oxygens (including phenoxy) is 1. The Kier molecular flexibility index (Phi) is 4.95. The summed E-state index contributed by atoms with van der Waals surface area (Å²) in [5.74, 6) is -0.0330. The number of rotatable bonds is 5. The Morgan fingerprint density at radius 1 is 1.38 bits per heavy atom. The molecule has 0 aliphatic heterocycles. The average molecular weight is 222 g/mol. The topological polar surface area (TPSA) is 55.6 Å². The van der Waals surface area contributed by atoms with Crippen molar-refractivity contribution in [3.05, 3.63) is 35.4 Å². The molecular formula is C12H18N2O2. The van der Waals surface area contributed by atoms with Gasteiger partial charge in [-0.25, -0.2) is 0 Å². The molecule has 4 nitrogen and oxygen atoms in total. The van der Waals surface area contributed by atoms with E-state index in [0.29, 0.717) is 13.1 Å². The predicted octanol–water partition coefficient (Wildman–Crippen LogP) is 0.750. The van der Waals surface area contributed by atoms with E-state index in [1.54, 1.807) is 11.9 Å². The van der Waals surface area contributed by atoms with E-state index in [2.05, 4.69) is 0 Å². The lowest BCUT2D eigenvalue weighted by Crippen LogP contribution is -2.29. The molecule has 0 aliphatic carbocycles. The van der Waals surface area contributed by atoms with Crippen LogP contribution in [0.25, 0.3) is 0 Å². The minimum atomic E-state index is -0.0330. The van der Waals surface area contributed by atoms with Gasteiger partial charge in [0.2, 0.25) is 5.91 Å². The van der Waals surface area contributed by atoms with E-state index in [-0.39, 0.29) is 12.5 Å². The summed E-state index contributed by atoms with van der Waals surface area (Å²) in [5, 5.41) is 0. The van der Waals surface area contributed by atoms with Crippen LogP contribution < -0.4 is 5.73 Å². The second-order valence-electron chi connectivity index (χ2n) is 3.66. The van der Waals surface area contributed by atoms with Crippen LogP contribution in [-0.2, 0) is 22.6 Å². The fourth-order valence-electron chi connectivity index (χ4n) is 1.49. The van der Waals surface area contributed by atoms with Crippen LogP contribution in [-0.4, -0.2) is 31.6 Å². The van der Waals surface area contributed by atoms with Crippen LogP contribution in [0.5, 0.6) is 0 Å². The standard InChI is InChI=1S/C12H18N2O2/c1-14(12(15)9-16-2)8-11-6-4-3-5-10(11)7-13/h3-6H,7-9,13H2,1-2H3. The summed E-state index contributed by atoms with van der Waals surface area (Å²) in [6, 6.07) is 7.86. The van der Waals surface area contributed by atoms with Crippen LogP contribution in [0.3, 0.4) is 0 Å². The zero-order valence-corrected chi connectivity index (χ0v) is 9.77. The third-order valence-corrected chi connectivity index (χ3v) is 2.44. The fraction of sp³-hybridized carbons (Fsp3) is 0.417. The van der Waals surface area contributed by atoms with E-state index in [1.165, 1.54) is 7.11 Å². The van der Waals surface area contributed by atoms with Gasteiger partial charge in [0.1, 0.15) is 6.61 Å². The number of hydrogen-bond donors (Lipinski definition) is 1. The Morgan fingerprint density at radius 3 is 2.56 bits per heavy atom. The van der Waals surface area contributed by atoms with Gasteiger partial charge in [0.15, 0.2) is 0 Å². The largest absolute Gasteiger partial charge is 0.375 e. The van der Waals surface area contributed by atoms with Crippen molar-refractivity contribution >= 4 is 5.91 Å². The van der Waals surface area contributed by atoms with Crippen molar-refractivity contribution in [2.24, 2.45) is 5.73 Å². The Balaban J connectivity index is 2.68. The average Bonchev–Trinajstić information content (AvgIpc) is 2.30. The molecule has 16 heavy (non-hydrogen) atoms. The maximum atomic E-state index is 11.5. The van der Waals surface area contributed by atoms with E-state index >= 15 is 0 Å². The number of hydrogen-bond acceptors (Lipinski definition) is 3. The van der Waals surface area contributed by atoms with Crippen molar-refractivity contribution in [3.63, 3.8) is 0 Å². The molecule has 0 spiro atoms. The number of methoxy groups -OCH3 is 1. The van der Waals surface area contributed by atoms with Crippen molar-refractivity contribution in [1.29, 1.82) is 0 Å². The summed E-state index contributed by atoms with van der Waals surface area (Å²) in [5.41, 5.74) is 7.78. The molecule has 0 radical (unpaired) electrons. The number of benzene rings is 1. The second-order valence-corrected chi connectivity index (χ2v) is 3.66. The van der Waals surface area contributed by atoms with E-state index in [1.807, 2.05) is 24.3 Å². The summed E-state index contributed by atoms with van der Waals surface area (Å²) in [4.78, 5) is 13.2. The maximum Gasteiger partial charge on any atom is 0.248 e. The Morgan fingerprint density at radius 2 is 2.00 bits per heavy atom. The molecule has 1 aromatic rings. The molecule has 0 atom stereocenters. The minimum Gasteiger partial charge on any atom is -0.375 e. The van der Waals surface area contributed by atoms with Gasteiger partial charge in [-0.1, -0.05) is 24.3 Å². The number of carbonyl (C=O) groups excluding carboxylic acids is 1. The van der Waals surface area contributed by atoms with Gasteiger partial charge in [0.25, 0.3) is 0 Å². The lowest BCUT2D eigenvalue weighted by Gasteiger charge is -2.18. The second kappa shape index (κ2) is 6.25. The van der Waals surface area contributed by atoms with Crippen LogP contribution in [0, 0.1) is 0 Å². The van der Waals surface area contributed by atoms with Gasteiger partial charge in [0, 0.05) is 27.2 Å². The molecule has 88 valence electrons. The van der Waals surface area contributed by atoms with Crippen molar-refractivity contribution in [2.75, 3.05) is 20.8 Å². The zero-order valence-electron chi connectivity index (χ0n) is 9.77. The SMILES string of the molecule is COCC(=O)N(C)Cc1ccccc1CN. The van der Waals surface area contributed by atoms with Gasteiger partial charge in [-0.3, -0.25) is 4.79 Å². The Hall–Kier alpha value is -1.39. The van der Waals surface area contributed by atoms with Crippen molar-refractivity contribution in [3.8, 4) is 0 Å². The van der Waals surface area contributed by atoms with Crippen molar-refractivity contribution < 1.29 is 9.53 Å². The van der Waals surface area contributed by atoms with Crippen LogP contribution >= 0.6 is 0 Å². The van der Waals surface area contributed by atoms with Crippen LogP contribution in [0.15, 0.2) is 24.3 Å². The predicted molar refractivity (Wildman–Crippen MR) is 62.7 cm³/mol. The molecule has 0 aliphatic rings. The highest BCUT2D eigenvalue weighted by Crippen LogP contribution is 2.10. The number of nitrogens with two attached hydrogens (primary N) is 1. The van der Waals surface area contributed by atoms with Crippen molar-refractivity contribution in [1.82, 2.24) is 4.90 Å². The number of nitrogens with zero attached hydrogens (tertiary/aromatic N) is 1. The zero-order chi connectivity index (χ0) is 12.0. The Bertz CT molecular complexity index is 353. The molecule has 2 N–H and O–H groups in total. The molecule has 1 aromatic carbocycles. The molecule has 0 unspecified atom stereocenters. The highest BCUT2D eigenvalue weighted by atomic mass is 16.5. The van der Waals surface area contributed by atoms with Gasteiger partial charge in [-0.15, -0.1) is 0 Å². The highest BCUT2D eigenvalue weighted by molar-refractivity contribution is 5.77. The Labute approximate surface area is 96.0 Å². The molecule has 1 rings (SSSR count). The lowest BCUT2D eigenvalue weighted by atomic mass is 10.1. The van der Waals surface area contributed by atoms with Gasteiger partial charge < -0.3 is 15.4 Å². The van der Waals surface area contributed by atoms with Crippen molar-refractivity contribution in [2.45, 2.75) is 13.1 Å². The summed E-state index contributed by atoms with van der Waals surface area (Å²) in [7, 11) is 3.27. The molecule has 1 amide bonds. The van der Waals surface area contributed by atoms with Gasteiger partial charge in [-0.2, -0.15) is 0 Å². The van der Waals surface area contributed by atoms with Gasteiger partial charge in [-0.05, 0) is 11.1 Å². The third-order valence-electron chi connectivity index (χ3n) is 2.44. The smallest absolute Gasteiger partial charge is 0.248 e. The van der Waals surface area contributed by atoms with Crippen LogP contribution in [0.4, 0.5) is 0 Å². The molecule has 0 saturated carbocycles. The molecule has 0 bridgehead atoms. The van der Waals surface area contributed by atoms with Gasteiger partial charge in [0.05, 0.1) is 0 Å². The monoisotopic (exact) mass is 222 g/mol. The van der Waals surface area contributed by atoms with E-state index in [0.717, 1.165) is 11.1 Å². The highest BCUT2D eigenvalue weighted by Gasteiger charge is 2.10. The first-order valence-electron chi connectivity index (χ1n) is 5.18. The third kappa shape index (κ3) is 3.32. The van der Waals surface area contributed by atoms with Crippen LogP contribution in [0.1, 0.15) is 11.1 Å². The quantitative estimate of drug-likeness (QED) is 0.800. The molecule has 4 heteroatoms. The summed E-state index contributed by atoms with van der Waals surface area (Å²) >= 11 is 0. The summed E-state index contributed by atoms with van der Waals surface area (Å²) in [6.07, 6.45) is 0. The number of amides is 1. The molecular weight excluding hydrogens is 204 g/mol. The molecule has 0 heterocycles. The minimum absolute atomic E-state index is 0.0330. The summed E-state index contributed by atoms with van der Waals surface area (Å²) in [6.45, 7) is 1.17.